The molecule has 0 saturated carbocycles. The van der Waals surface area contributed by atoms with Crippen LogP contribution in [0, 0.1) is 5.82 Å². The Morgan fingerprint density at radius 3 is 2.45 bits per heavy atom. The van der Waals surface area contributed by atoms with Gasteiger partial charge in [0, 0.05) is 12.3 Å². The number of amides is 1. The van der Waals surface area contributed by atoms with Crippen LogP contribution < -0.4 is 10.5 Å². The van der Waals surface area contributed by atoms with Crippen molar-refractivity contribution in [3.05, 3.63) is 53.6 Å². The fourth-order valence-corrected chi connectivity index (χ4v) is 1.72. The molecule has 1 amide bonds. The molecule has 1 aromatic carbocycles. The molecule has 0 radical (unpaired) electrons. The summed E-state index contributed by atoms with van der Waals surface area (Å²) < 4.78 is 17.1. The van der Waals surface area contributed by atoms with Gasteiger partial charge in [-0.1, -0.05) is 25.5 Å². The summed E-state index contributed by atoms with van der Waals surface area (Å²) in [5.74, 6) is -1.09. The largest absolute Gasteiger partial charge is 0.503 e. The predicted octanol–water partition coefficient (Wildman–Crippen LogP) is 2.67. The van der Waals surface area contributed by atoms with E-state index in [1.54, 1.807) is 0 Å². The number of aryl methyl sites for hydroxylation is 1. The van der Waals surface area contributed by atoms with Crippen LogP contribution in [-0.4, -0.2) is 23.1 Å². The number of methoxy groups -OCH3 is 1. The molecule has 0 atom stereocenters. The Hall–Kier alpha value is -2.63. The van der Waals surface area contributed by atoms with Crippen molar-refractivity contribution in [3.8, 4) is 11.5 Å². The minimum Gasteiger partial charge on any atom is -0.503 e. The number of hydrogen-bond donors (Lipinski definition) is 2. The molecule has 3 N–H and O–H groups in total. The summed E-state index contributed by atoms with van der Waals surface area (Å²) in [5, 5.41) is 9.27. The summed E-state index contributed by atoms with van der Waals surface area (Å²) in [6.45, 7) is 2.11. The lowest BCUT2D eigenvalue weighted by molar-refractivity contribution is 0.0992. The molecule has 0 unspecified atom stereocenters. The van der Waals surface area contributed by atoms with Crippen LogP contribution in [0.1, 0.15) is 29.4 Å². The van der Waals surface area contributed by atoms with Gasteiger partial charge in [-0.25, -0.2) is 9.37 Å². The van der Waals surface area contributed by atoms with Crippen molar-refractivity contribution in [2.24, 2.45) is 5.73 Å². The van der Waals surface area contributed by atoms with Crippen molar-refractivity contribution in [2.75, 3.05) is 7.11 Å². The minimum atomic E-state index is -0.786. The maximum absolute atomic E-state index is 12.3. The monoisotopic (exact) mass is 306 g/mol. The van der Waals surface area contributed by atoms with Gasteiger partial charge in [0.05, 0.1) is 7.11 Å². The summed E-state index contributed by atoms with van der Waals surface area (Å²) in [7, 11) is 1.37. The van der Waals surface area contributed by atoms with E-state index in [4.69, 9.17) is 10.5 Å². The highest BCUT2D eigenvalue weighted by molar-refractivity contribution is 5.94. The van der Waals surface area contributed by atoms with Crippen LogP contribution in [0.2, 0.25) is 0 Å². The van der Waals surface area contributed by atoms with Gasteiger partial charge in [0.25, 0.3) is 5.91 Å². The van der Waals surface area contributed by atoms with Gasteiger partial charge in [-0.2, -0.15) is 0 Å². The van der Waals surface area contributed by atoms with Gasteiger partial charge in [0.15, 0.2) is 17.2 Å². The predicted molar refractivity (Wildman–Crippen MR) is 81.4 cm³/mol. The van der Waals surface area contributed by atoms with Crippen molar-refractivity contribution in [1.82, 2.24) is 4.98 Å². The van der Waals surface area contributed by atoms with Crippen molar-refractivity contribution >= 4 is 5.91 Å². The molecule has 0 aliphatic rings. The number of rotatable bonds is 4. The molecule has 0 aliphatic carbocycles. The van der Waals surface area contributed by atoms with Gasteiger partial charge in [0.1, 0.15) is 5.82 Å². The van der Waals surface area contributed by atoms with Gasteiger partial charge < -0.3 is 15.6 Å². The fraction of sp³-hybridized carbons (Fsp3) is 0.250. The topological polar surface area (TPSA) is 85.4 Å². The zero-order chi connectivity index (χ0) is 16.5. The molecule has 0 fully saturated rings. The third-order valence-corrected chi connectivity index (χ3v) is 2.79. The Balaban J connectivity index is 0.000000224. The Labute approximate surface area is 128 Å². The average molecular weight is 306 g/mol. The Bertz CT molecular complexity index is 615. The van der Waals surface area contributed by atoms with E-state index in [-0.39, 0.29) is 23.0 Å². The lowest BCUT2D eigenvalue weighted by Crippen LogP contribution is -2.13. The number of nitrogens with two attached hydrogens (primary N) is 1. The Kier molecular flexibility index (Phi) is 6.82. The number of ether oxygens (including phenoxy) is 1. The van der Waals surface area contributed by atoms with E-state index in [0.29, 0.717) is 0 Å². The molecule has 0 aliphatic heterocycles. The van der Waals surface area contributed by atoms with Crippen LogP contribution in [-0.2, 0) is 6.42 Å². The lowest BCUT2D eigenvalue weighted by Gasteiger charge is -2.03. The van der Waals surface area contributed by atoms with Crippen molar-refractivity contribution in [2.45, 2.75) is 19.8 Å². The molecule has 1 heterocycles. The van der Waals surface area contributed by atoms with E-state index in [1.165, 1.54) is 37.1 Å². The average Bonchev–Trinajstić information content (AvgIpc) is 2.50. The van der Waals surface area contributed by atoms with Gasteiger partial charge >= 0.3 is 0 Å². The summed E-state index contributed by atoms with van der Waals surface area (Å²) >= 11 is 0. The maximum Gasteiger partial charge on any atom is 0.271 e. The first kappa shape index (κ1) is 17.4. The van der Waals surface area contributed by atoms with Crippen LogP contribution >= 0.6 is 0 Å². The number of hydrogen-bond acceptors (Lipinski definition) is 4. The first-order valence-corrected chi connectivity index (χ1v) is 6.75. The molecule has 5 nitrogen and oxygen atoms in total. The molecule has 6 heteroatoms. The normalized spacial score (nSPS) is 9.59. The third kappa shape index (κ3) is 5.05. The maximum atomic E-state index is 12.3. The van der Waals surface area contributed by atoms with E-state index in [9.17, 15) is 14.3 Å². The zero-order valence-electron chi connectivity index (χ0n) is 12.5. The number of pyridine rings is 1. The van der Waals surface area contributed by atoms with E-state index >= 15 is 0 Å². The summed E-state index contributed by atoms with van der Waals surface area (Å²) in [4.78, 5) is 14.2. The van der Waals surface area contributed by atoms with Crippen molar-refractivity contribution in [1.29, 1.82) is 0 Å². The number of aromatic nitrogens is 1. The van der Waals surface area contributed by atoms with E-state index in [2.05, 4.69) is 11.9 Å². The van der Waals surface area contributed by atoms with Gasteiger partial charge in [-0.15, -0.1) is 0 Å². The lowest BCUT2D eigenvalue weighted by atomic mass is 10.1. The third-order valence-electron chi connectivity index (χ3n) is 2.79. The quantitative estimate of drug-likeness (QED) is 0.909. The number of halogens is 1. The van der Waals surface area contributed by atoms with E-state index in [1.807, 2.05) is 12.1 Å². The second kappa shape index (κ2) is 8.61. The fourth-order valence-electron chi connectivity index (χ4n) is 1.72. The minimum absolute atomic E-state index is 0.153. The molecule has 2 rings (SSSR count). The number of carbonyl (C=O) groups is 1. The number of benzene rings is 1. The molecule has 2 aromatic rings. The van der Waals surface area contributed by atoms with Gasteiger partial charge in [-0.3, -0.25) is 4.79 Å². The SMILES string of the molecule is CCCc1ccc(F)cc1.COc1ccnc(C(N)=O)c1O. The highest BCUT2D eigenvalue weighted by atomic mass is 19.1. The van der Waals surface area contributed by atoms with Crippen LogP contribution in [0.25, 0.3) is 0 Å². The number of aromatic hydroxyl groups is 1. The molecule has 1 aromatic heterocycles. The molecule has 0 saturated heterocycles. The molecule has 22 heavy (non-hydrogen) atoms. The van der Waals surface area contributed by atoms with Crippen LogP contribution in [0.15, 0.2) is 36.5 Å². The number of nitrogens with zero attached hydrogens (tertiary/aromatic N) is 1. The molecule has 0 spiro atoms. The van der Waals surface area contributed by atoms with Gasteiger partial charge in [0.2, 0.25) is 0 Å². The van der Waals surface area contributed by atoms with Crippen molar-refractivity contribution < 1.29 is 19.0 Å². The van der Waals surface area contributed by atoms with Crippen LogP contribution in [0.4, 0.5) is 4.39 Å². The standard InChI is InChI=1S/C9H11F.C7H8N2O3/c1-2-3-8-4-6-9(10)7-5-8;1-12-4-2-3-9-5(6(4)10)7(8)11/h4-7H,2-3H2,1H3;2-3,10H,1H3,(H2,8,11). The van der Waals surface area contributed by atoms with Crippen LogP contribution in [0.5, 0.6) is 11.5 Å². The second-order valence-corrected chi connectivity index (χ2v) is 4.45. The zero-order valence-corrected chi connectivity index (χ0v) is 12.5. The molecular weight excluding hydrogens is 287 g/mol. The molecule has 118 valence electrons. The van der Waals surface area contributed by atoms with Gasteiger partial charge in [-0.05, 0) is 24.1 Å². The van der Waals surface area contributed by atoms with Crippen molar-refractivity contribution in [3.63, 3.8) is 0 Å². The molecular formula is C16H19FN2O3. The number of primary amides is 1. The smallest absolute Gasteiger partial charge is 0.271 e. The first-order chi connectivity index (χ1) is 10.5. The second-order valence-electron chi connectivity index (χ2n) is 4.45. The first-order valence-electron chi connectivity index (χ1n) is 6.75. The highest BCUT2D eigenvalue weighted by Crippen LogP contribution is 2.26. The Morgan fingerprint density at radius 2 is 1.95 bits per heavy atom. The van der Waals surface area contributed by atoms with Crippen LogP contribution in [0.3, 0.4) is 0 Å². The Morgan fingerprint density at radius 1 is 1.32 bits per heavy atom. The van der Waals surface area contributed by atoms with E-state index in [0.717, 1.165) is 12.8 Å². The van der Waals surface area contributed by atoms with E-state index < -0.39 is 5.91 Å². The summed E-state index contributed by atoms with van der Waals surface area (Å²) in [5.41, 5.74) is 5.95. The number of carbonyl (C=O) groups excluding carboxylic acids is 1. The highest BCUT2D eigenvalue weighted by Gasteiger charge is 2.12. The summed E-state index contributed by atoms with van der Waals surface area (Å²) in [6.07, 6.45) is 3.49. The molecule has 0 bridgehead atoms. The summed E-state index contributed by atoms with van der Waals surface area (Å²) in [6, 6.07) is 8.11.